The maximum absolute atomic E-state index is 13.2. The van der Waals surface area contributed by atoms with E-state index in [1.54, 1.807) is 60.7 Å². The summed E-state index contributed by atoms with van der Waals surface area (Å²) in [5.41, 5.74) is 4.06. The number of likely N-dealkylation sites (N-methyl/N-ethyl adjacent to an activating group) is 1. The number of rotatable bonds is 9. The fourth-order valence-electron chi connectivity index (χ4n) is 5.40. The second-order valence-electron chi connectivity index (χ2n) is 10.7. The lowest BCUT2D eigenvalue weighted by Gasteiger charge is -2.16. The van der Waals surface area contributed by atoms with E-state index in [9.17, 15) is 13.2 Å². The molecule has 6 rings (SSSR count). The van der Waals surface area contributed by atoms with Gasteiger partial charge in [0.2, 0.25) is 11.8 Å². The van der Waals surface area contributed by atoms with Crippen LogP contribution in [-0.2, 0) is 20.2 Å². The average Bonchev–Trinajstić information content (AvgIpc) is 3.72. The van der Waals surface area contributed by atoms with Crippen molar-refractivity contribution < 1.29 is 17.9 Å². The number of hydrogen-bond acceptors (Lipinski definition) is 7. The fourth-order valence-corrected chi connectivity index (χ4v) is 6.47. The molecule has 0 bridgehead atoms. The second kappa shape index (κ2) is 9.87. The van der Waals surface area contributed by atoms with Crippen LogP contribution in [0.1, 0.15) is 24.8 Å². The zero-order valence-electron chi connectivity index (χ0n) is 22.7. The molecule has 9 nitrogen and oxygen atoms in total. The summed E-state index contributed by atoms with van der Waals surface area (Å²) in [4.78, 5) is 26.1. The van der Waals surface area contributed by atoms with Crippen LogP contribution in [0.2, 0.25) is 0 Å². The standard InChI is InChI=1S/C30H31N5O4S/c1-34(2)14-7-15-39-28-25(33-40(37,38)22-8-5-4-6-9-22)17-21(18-32-28)20-10-11-24-23(16-20)27-26(19-31-24)35(3)29(36)30(27)12-13-30/h4-6,8-11,16-19,33H,7,12-15H2,1-3H3. The fraction of sp³-hybridized carbons (Fsp3) is 0.300. The van der Waals surface area contributed by atoms with Crippen LogP contribution in [0.5, 0.6) is 5.88 Å². The molecule has 1 saturated carbocycles. The van der Waals surface area contributed by atoms with Crippen molar-refractivity contribution in [2.75, 3.05) is 43.9 Å². The van der Waals surface area contributed by atoms with Gasteiger partial charge < -0.3 is 14.5 Å². The Morgan fingerprint density at radius 2 is 1.80 bits per heavy atom. The molecule has 1 N–H and O–H groups in total. The smallest absolute Gasteiger partial charge is 0.262 e. The summed E-state index contributed by atoms with van der Waals surface area (Å²) in [6.07, 6.45) is 5.89. The van der Waals surface area contributed by atoms with E-state index in [4.69, 9.17) is 4.74 Å². The number of carbonyl (C=O) groups is 1. The summed E-state index contributed by atoms with van der Waals surface area (Å²) in [5, 5.41) is 0.931. The van der Waals surface area contributed by atoms with Crippen molar-refractivity contribution >= 4 is 38.2 Å². The molecule has 0 unspecified atom stereocenters. The number of anilines is 2. The molecule has 1 aliphatic heterocycles. The number of carbonyl (C=O) groups excluding carboxylic acids is 1. The Labute approximate surface area is 233 Å². The lowest BCUT2D eigenvalue weighted by atomic mass is 9.92. The molecule has 1 aliphatic carbocycles. The molecule has 1 fully saturated rings. The van der Waals surface area contributed by atoms with Crippen LogP contribution < -0.4 is 14.4 Å². The Morgan fingerprint density at radius 3 is 2.52 bits per heavy atom. The third-order valence-corrected chi connectivity index (χ3v) is 9.00. The minimum Gasteiger partial charge on any atom is -0.476 e. The van der Waals surface area contributed by atoms with E-state index in [0.717, 1.165) is 53.5 Å². The number of nitrogens with one attached hydrogen (secondary N) is 1. The van der Waals surface area contributed by atoms with E-state index < -0.39 is 15.4 Å². The summed E-state index contributed by atoms with van der Waals surface area (Å²) in [5.74, 6) is 0.340. The number of benzene rings is 2. The molecule has 1 spiro atoms. The van der Waals surface area contributed by atoms with Crippen molar-refractivity contribution in [2.45, 2.75) is 29.6 Å². The molecule has 2 aromatic heterocycles. The molecule has 4 aromatic rings. The topological polar surface area (TPSA) is 105 Å². The van der Waals surface area contributed by atoms with Gasteiger partial charge in [-0.05, 0) is 69.3 Å². The Kier molecular flexibility index (Phi) is 6.47. The van der Waals surface area contributed by atoms with Crippen LogP contribution in [0, 0.1) is 0 Å². The van der Waals surface area contributed by atoms with Gasteiger partial charge in [-0.3, -0.25) is 14.5 Å². The maximum Gasteiger partial charge on any atom is 0.262 e. The number of amides is 1. The summed E-state index contributed by atoms with van der Waals surface area (Å²) >= 11 is 0. The molecule has 40 heavy (non-hydrogen) atoms. The van der Waals surface area contributed by atoms with Crippen molar-refractivity contribution in [3.63, 3.8) is 0 Å². The van der Waals surface area contributed by atoms with Gasteiger partial charge in [-0.15, -0.1) is 0 Å². The quantitative estimate of drug-likeness (QED) is 0.304. The lowest BCUT2D eigenvalue weighted by Crippen LogP contribution is -2.28. The zero-order chi connectivity index (χ0) is 28.1. The molecule has 0 atom stereocenters. The highest BCUT2D eigenvalue weighted by Gasteiger charge is 2.59. The van der Waals surface area contributed by atoms with E-state index in [2.05, 4.69) is 19.6 Å². The van der Waals surface area contributed by atoms with Crippen LogP contribution in [-0.4, -0.2) is 63.5 Å². The molecular weight excluding hydrogens is 526 g/mol. The van der Waals surface area contributed by atoms with Gasteiger partial charge in [0.25, 0.3) is 10.0 Å². The Morgan fingerprint density at radius 1 is 1.02 bits per heavy atom. The number of sulfonamides is 1. The summed E-state index contributed by atoms with van der Waals surface area (Å²) in [6.45, 7) is 1.22. The first-order chi connectivity index (χ1) is 19.2. The van der Waals surface area contributed by atoms with E-state index in [1.165, 1.54) is 0 Å². The van der Waals surface area contributed by atoms with Gasteiger partial charge in [0, 0.05) is 36.3 Å². The highest BCUT2D eigenvalue weighted by Crippen LogP contribution is 2.58. The molecule has 0 radical (unpaired) electrons. The summed E-state index contributed by atoms with van der Waals surface area (Å²) in [7, 11) is 1.90. The number of ether oxygens (including phenoxy) is 1. The summed E-state index contributed by atoms with van der Waals surface area (Å²) < 4.78 is 35.1. The van der Waals surface area contributed by atoms with Gasteiger partial charge in [-0.1, -0.05) is 24.3 Å². The minimum absolute atomic E-state index is 0.122. The third-order valence-electron chi connectivity index (χ3n) is 7.62. The first kappa shape index (κ1) is 26.2. The highest BCUT2D eigenvalue weighted by molar-refractivity contribution is 7.92. The van der Waals surface area contributed by atoms with Gasteiger partial charge in [-0.2, -0.15) is 0 Å². The molecule has 1 amide bonds. The first-order valence-electron chi connectivity index (χ1n) is 13.3. The number of nitrogens with zero attached hydrogens (tertiary/aromatic N) is 4. The molecule has 2 aromatic carbocycles. The van der Waals surface area contributed by atoms with Crippen LogP contribution in [0.4, 0.5) is 11.4 Å². The molecule has 0 saturated heterocycles. The normalized spacial score (nSPS) is 15.6. The number of hydrogen-bond donors (Lipinski definition) is 1. The Balaban J connectivity index is 1.40. The van der Waals surface area contributed by atoms with Crippen LogP contribution in [0.3, 0.4) is 0 Å². The third kappa shape index (κ3) is 4.56. The molecule has 206 valence electrons. The van der Waals surface area contributed by atoms with Crippen LogP contribution >= 0.6 is 0 Å². The van der Waals surface area contributed by atoms with Crippen molar-refractivity contribution in [1.29, 1.82) is 0 Å². The van der Waals surface area contributed by atoms with Crippen molar-refractivity contribution in [3.8, 4) is 17.0 Å². The highest BCUT2D eigenvalue weighted by atomic mass is 32.2. The lowest BCUT2D eigenvalue weighted by molar-refractivity contribution is -0.119. The predicted molar refractivity (Wildman–Crippen MR) is 155 cm³/mol. The van der Waals surface area contributed by atoms with Crippen LogP contribution in [0.25, 0.3) is 22.0 Å². The monoisotopic (exact) mass is 557 g/mol. The summed E-state index contributed by atoms with van der Waals surface area (Å²) in [6, 6.07) is 15.9. The number of aromatic nitrogens is 2. The van der Waals surface area contributed by atoms with E-state index >= 15 is 0 Å². The predicted octanol–water partition coefficient (Wildman–Crippen LogP) is 4.44. The van der Waals surface area contributed by atoms with E-state index in [1.807, 2.05) is 32.3 Å². The maximum atomic E-state index is 13.2. The van der Waals surface area contributed by atoms with Gasteiger partial charge in [0.05, 0.1) is 34.3 Å². The number of pyridine rings is 2. The number of fused-ring (bicyclic) bond motifs is 4. The van der Waals surface area contributed by atoms with Crippen molar-refractivity contribution in [1.82, 2.24) is 14.9 Å². The first-order valence-corrected chi connectivity index (χ1v) is 14.8. The molecule has 3 heterocycles. The largest absolute Gasteiger partial charge is 0.476 e. The molecular formula is C30H31N5O4S. The van der Waals surface area contributed by atoms with E-state index in [0.29, 0.717) is 12.2 Å². The molecule has 2 aliphatic rings. The van der Waals surface area contributed by atoms with Gasteiger partial charge in [0.15, 0.2) is 0 Å². The SMILES string of the molecule is CN(C)CCCOc1ncc(-c2ccc3ncc4c(c3c2)C2(CC2)C(=O)N4C)cc1NS(=O)(=O)c1ccccc1. The van der Waals surface area contributed by atoms with Gasteiger partial charge in [0.1, 0.15) is 5.69 Å². The Bertz CT molecular complexity index is 1720. The van der Waals surface area contributed by atoms with Crippen molar-refractivity contribution in [3.05, 3.63) is 72.6 Å². The molecule has 10 heteroatoms. The van der Waals surface area contributed by atoms with Crippen LogP contribution in [0.15, 0.2) is 71.9 Å². The van der Waals surface area contributed by atoms with E-state index in [-0.39, 0.29) is 22.4 Å². The second-order valence-corrected chi connectivity index (χ2v) is 12.4. The zero-order valence-corrected chi connectivity index (χ0v) is 23.5. The minimum atomic E-state index is -3.87. The van der Waals surface area contributed by atoms with Crippen molar-refractivity contribution in [2.24, 2.45) is 0 Å². The average molecular weight is 558 g/mol. The van der Waals surface area contributed by atoms with Gasteiger partial charge in [-0.25, -0.2) is 13.4 Å². The Hall–Kier alpha value is -4.02. The van der Waals surface area contributed by atoms with Gasteiger partial charge >= 0.3 is 0 Å².